The average molecular weight is 527 g/mol. The fourth-order valence-corrected chi connectivity index (χ4v) is 5.93. The lowest BCUT2D eigenvalue weighted by Crippen LogP contribution is -2.32. The van der Waals surface area contributed by atoms with Gasteiger partial charge in [0, 0.05) is 18.8 Å². The second-order valence-electron chi connectivity index (χ2n) is 7.51. The van der Waals surface area contributed by atoms with Crippen molar-refractivity contribution in [2.45, 2.75) is 25.9 Å². The molecule has 0 saturated carbocycles. The zero-order chi connectivity index (χ0) is 24.9. The molecule has 4 rings (SSSR count). The van der Waals surface area contributed by atoms with Gasteiger partial charge < -0.3 is 9.64 Å². The quantitative estimate of drug-likeness (QED) is 0.167. The van der Waals surface area contributed by atoms with Crippen LogP contribution < -0.4 is 10.3 Å². The van der Waals surface area contributed by atoms with Gasteiger partial charge in [0.2, 0.25) is 5.91 Å². The lowest BCUT2D eigenvalue weighted by atomic mass is 10.3. The lowest BCUT2D eigenvalue weighted by Gasteiger charge is -2.19. The van der Waals surface area contributed by atoms with Gasteiger partial charge >= 0.3 is 0 Å². The summed E-state index contributed by atoms with van der Waals surface area (Å²) in [4.78, 5) is 33.2. The van der Waals surface area contributed by atoms with Crippen molar-refractivity contribution >= 4 is 51.6 Å². The first-order valence-electron chi connectivity index (χ1n) is 11.4. The van der Waals surface area contributed by atoms with Crippen molar-refractivity contribution in [3.63, 3.8) is 0 Å². The monoisotopic (exact) mass is 526 g/mol. The Morgan fingerprint density at radius 3 is 2.31 bits per heavy atom. The van der Waals surface area contributed by atoms with Crippen LogP contribution in [0.1, 0.15) is 20.8 Å². The van der Waals surface area contributed by atoms with Gasteiger partial charge in [0.05, 0.1) is 18.0 Å². The van der Waals surface area contributed by atoms with Crippen LogP contribution in [0.5, 0.6) is 5.75 Å². The smallest absolute Gasteiger partial charge is 0.278 e. The fourth-order valence-electron chi connectivity index (χ4n) is 3.72. The van der Waals surface area contributed by atoms with Gasteiger partial charge in [-0.3, -0.25) is 18.7 Å². The number of thiazole rings is 1. The Morgan fingerprint density at radius 2 is 1.69 bits per heavy atom. The number of ether oxygens (including phenoxy) is 1. The summed E-state index contributed by atoms with van der Waals surface area (Å²) in [6, 6.07) is 16.9. The first-order chi connectivity index (χ1) is 17.0. The third-order valence-electron chi connectivity index (χ3n) is 5.44. The molecule has 35 heavy (non-hydrogen) atoms. The molecule has 0 radical (unpaired) electrons. The molecule has 0 aliphatic rings. The van der Waals surface area contributed by atoms with Gasteiger partial charge in [0.25, 0.3) is 5.56 Å². The maximum Gasteiger partial charge on any atom is 0.278 e. The number of benzene rings is 2. The van der Waals surface area contributed by atoms with Crippen molar-refractivity contribution in [3.8, 4) is 17.1 Å². The van der Waals surface area contributed by atoms with E-state index in [1.54, 1.807) is 9.47 Å². The highest BCUT2D eigenvalue weighted by Gasteiger charge is 2.20. The summed E-state index contributed by atoms with van der Waals surface area (Å²) in [5.74, 6) is 0.889. The predicted molar refractivity (Wildman–Crippen MR) is 145 cm³/mol. The van der Waals surface area contributed by atoms with E-state index in [0.29, 0.717) is 44.8 Å². The van der Waals surface area contributed by atoms with Crippen molar-refractivity contribution in [1.82, 2.24) is 19.0 Å². The molecule has 0 fully saturated rings. The standard InChI is InChI=1S/C25H26N4O3S3/c1-4-27(5-2)20(30)16-34-24-26-22-21(35-25(33)28(22)17-10-8-7-9-11-17)23(31)29(24)18-12-14-19(15-13-18)32-6-3/h7-15H,4-6,16H2,1-3H3. The van der Waals surface area contributed by atoms with Crippen molar-refractivity contribution in [1.29, 1.82) is 0 Å². The number of hydrogen-bond donors (Lipinski definition) is 0. The molecule has 182 valence electrons. The number of aromatic nitrogens is 3. The summed E-state index contributed by atoms with van der Waals surface area (Å²) < 4.78 is 9.92. The van der Waals surface area contributed by atoms with Crippen LogP contribution in [0.15, 0.2) is 64.5 Å². The third-order valence-corrected chi connectivity index (χ3v) is 7.71. The molecule has 2 heterocycles. The van der Waals surface area contributed by atoms with Crippen LogP contribution in [0, 0.1) is 3.95 Å². The molecule has 0 bridgehead atoms. The zero-order valence-electron chi connectivity index (χ0n) is 19.8. The third kappa shape index (κ3) is 5.19. The highest BCUT2D eigenvalue weighted by atomic mass is 32.2. The molecule has 0 saturated heterocycles. The van der Waals surface area contributed by atoms with Crippen LogP contribution in [0.2, 0.25) is 0 Å². The zero-order valence-corrected chi connectivity index (χ0v) is 22.2. The Hall–Kier alpha value is -2.95. The minimum absolute atomic E-state index is 0.00203. The van der Waals surface area contributed by atoms with Crippen LogP contribution in [-0.4, -0.2) is 50.4 Å². The number of carbonyl (C=O) groups is 1. The second-order valence-corrected chi connectivity index (χ2v) is 10.1. The van der Waals surface area contributed by atoms with E-state index in [1.807, 2.05) is 79.9 Å². The number of amides is 1. The summed E-state index contributed by atoms with van der Waals surface area (Å²) in [5, 5.41) is 0.435. The van der Waals surface area contributed by atoms with Crippen LogP contribution >= 0.6 is 35.3 Å². The number of fused-ring (bicyclic) bond motifs is 1. The van der Waals surface area contributed by atoms with Gasteiger partial charge in [-0.1, -0.05) is 41.3 Å². The molecule has 0 aliphatic carbocycles. The molecule has 0 atom stereocenters. The summed E-state index contributed by atoms with van der Waals surface area (Å²) in [6.07, 6.45) is 0. The largest absolute Gasteiger partial charge is 0.494 e. The van der Waals surface area contributed by atoms with E-state index in [0.717, 1.165) is 11.4 Å². The molecule has 4 aromatic rings. The van der Waals surface area contributed by atoms with Gasteiger partial charge in [-0.15, -0.1) is 0 Å². The number of carbonyl (C=O) groups excluding carboxylic acids is 1. The summed E-state index contributed by atoms with van der Waals surface area (Å²) in [6.45, 7) is 7.63. The predicted octanol–water partition coefficient (Wildman–Crippen LogP) is 5.33. The molecule has 7 nitrogen and oxygen atoms in total. The molecule has 0 N–H and O–H groups in total. The van der Waals surface area contributed by atoms with Crippen LogP contribution in [-0.2, 0) is 4.79 Å². The number of nitrogens with zero attached hydrogens (tertiary/aromatic N) is 4. The van der Waals surface area contributed by atoms with E-state index in [1.165, 1.54) is 23.1 Å². The average Bonchev–Trinajstić information content (AvgIpc) is 3.21. The maximum atomic E-state index is 13.8. The fraction of sp³-hybridized carbons (Fsp3) is 0.280. The van der Waals surface area contributed by atoms with Crippen LogP contribution in [0.4, 0.5) is 0 Å². The first kappa shape index (κ1) is 25.2. The molecule has 0 aliphatic heterocycles. The van der Waals surface area contributed by atoms with Crippen molar-refractivity contribution in [2.24, 2.45) is 0 Å². The van der Waals surface area contributed by atoms with E-state index in [2.05, 4.69) is 0 Å². The van der Waals surface area contributed by atoms with Gasteiger partial charge in [0.1, 0.15) is 10.4 Å². The van der Waals surface area contributed by atoms with Gasteiger partial charge in [-0.25, -0.2) is 4.98 Å². The highest BCUT2D eigenvalue weighted by Crippen LogP contribution is 2.28. The topological polar surface area (TPSA) is 69.4 Å². The van der Waals surface area contributed by atoms with Crippen molar-refractivity contribution < 1.29 is 9.53 Å². The molecule has 1 amide bonds. The van der Waals surface area contributed by atoms with Crippen LogP contribution in [0.3, 0.4) is 0 Å². The molecule has 2 aromatic carbocycles. The minimum atomic E-state index is -0.220. The van der Waals surface area contributed by atoms with E-state index in [9.17, 15) is 9.59 Å². The van der Waals surface area contributed by atoms with Crippen molar-refractivity contribution in [2.75, 3.05) is 25.4 Å². The molecular formula is C25H26N4O3S3. The van der Waals surface area contributed by atoms with Gasteiger partial charge in [0.15, 0.2) is 14.8 Å². The number of rotatable bonds is 9. The van der Waals surface area contributed by atoms with Gasteiger partial charge in [-0.05, 0) is 69.4 Å². The highest BCUT2D eigenvalue weighted by molar-refractivity contribution is 7.99. The second kappa shape index (κ2) is 11.2. The lowest BCUT2D eigenvalue weighted by molar-refractivity contribution is -0.127. The minimum Gasteiger partial charge on any atom is -0.494 e. The number of para-hydroxylation sites is 1. The molecule has 10 heteroatoms. The molecule has 2 aromatic heterocycles. The number of hydrogen-bond acceptors (Lipinski definition) is 7. The molecular weight excluding hydrogens is 501 g/mol. The van der Waals surface area contributed by atoms with Gasteiger partial charge in [-0.2, -0.15) is 0 Å². The SMILES string of the molecule is CCOc1ccc(-n2c(SCC(=O)N(CC)CC)nc3c(sc(=S)n3-c3ccccc3)c2=O)cc1. The van der Waals surface area contributed by atoms with E-state index in [4.69, 9.17) is 21.9 Å². The van der Waals surface area contributed by atoms with E-state index >= 15 is 0 Å². The Labute approximate surface area is 217 Å². The summed E-state index contributed by atoms with van der Waals surface area (Å²) in [5.41, 5.74) is 1.76. The Kier molecular flexibility index (Phi) is 8.04. The molecule has 0 unspecified atom stereocenters. The van der Waals surface area contributed by atoms with Crippen molar-refractivity contribution in [3.05, 3.63) is 68.9 Å². The van der Waals surface area contributed by atoms with E-state index in [-0.39, 0.29) is 17.2 Å². The summed E-state index contributed by atoms with van der Waals surface area (Å²) >= 11 is 8.12. The Balaban J connectivity index is 1.88. The van der Waals surface area contributed by atoms with Crippen LogP contribution in [0.25, 0.3) is 21.7 Å². The number of thioether (sulfide) groups is 1. The summed E-state index contributed by atoms with van der Waals surface area (Å²) in [7, 11) is 0. The first-order valence-corrected chi connectivity index (χ1v) is 13.6. The Morgan fingerprint density at radius 1 is 1.03 bits per heavy atom. The normalized spacial score (nSPS) is 11.1. The Bertz CT molecular complexity index is 1440. The molecule has 0 spiro atoms. The maximum absolute atomic E-state index is 13.8. The van der Waals surface area contributed by atoms with E-state index < -0.39 is 0 Å².